The Bertz CT molecular complexity index is 1020. The van der Waals surface area contributed by atoms with Gasteiger partial charge in [0.05, 0.1) is 25.3 Å². The summed E-state index contributed by atoms with van der Waals surface area (Å²) in [6.45, 7) is 8.15. The molecule has 1 atom stereocenters. The molecule has 1 amide bonds. The van der Waals surface area contributed by atoms with Crippen molar-refractivity contribution >= 4 is 17.4 Å². The van der Waals surface area contributed by atoms with Crippen LogP contribution in [0.25, 0.3) is 0 Å². The van der Waals surface area contributed by atoms with Gasteiger partial charge in [0.2, 0.25) is 0 Å². The van der Waals surface area contributed by atoms with Gasteiger partial charge in [-0.05, 0) is 55.2 Å². The second-order valence-corrected chi connectivity index (χ2v) is 8.04. The number of carbonyl (C=O) groups excluding carboxylic acids is 2. The molecular weight excluding hydrogens is 394 g/mol. The molecule has 1 unspecified atom stereocenters. The molecule has 1 heterocycles. The highest BCUT2D eigenvalue weighted by molar-refractivity contribution is 6.16. The first kappa shape index (κ1) is 22.4. The van der Waals surface area contributed by atoms with Gasteiger partial charge in [0.25, 0.3) is 5.91 Å². The van der Waals surface area contributed by atoms with Crippen molar-refractivity contribution in [3.05, 3.63) is 64.9 Å². The smallest absolute Gasteiger partial charge is 0.294 e. The Morgan fingerprint density at radius 3 is 2.52 bits per heavy atom. The molecule has 0 saturated carbocycles. The first-order chi connectivity index (χ1) is 14.8. The van der Waals surface area contributed by atoms with E-state index in [0.29, 0.717) is 29.4 Å². The maximum atomic E-state index is 13.1. The van der Waals surface area contributed by atoms with Crippen LogP contribution in [-0.4, -0.2) is 30.5 Å². The maximum Gasteiger partial charge on any atom is 0.294 e. The molecule has 0 fully saturated rings. The number of benzene rings is 2. The summed E-state index contributed by atoms with van der Waals surface area (Å²) in [6.07, 6.45) is 0.235. The maximum absolute atomic E-state index is 13.1. The van der Waals surface area contributed by atoms with Crippen LogP contribution in [0.1, 0.15) is 44.4 Å². The topological polar surface area (TPSA) is 76.1 Å². The summed E-state index contributed by atoms with van der Waals surface area (Å²) in [5.74, 6) is -0.165. The van der Waals surface area contributed by atoms with E-state index >= 15 is 0 Å². The van der Waals surface area contributed by atoms with E-state index < -0.39 is 17.7 Å². The lowest BCUT2D eigenvalue weighted by Crippen LogP contribution is -2.31. The molecule has 0 bridgehead atoms. The fourth-order valence-corrected chi connectivity index (χ4v) is 3.86. The Morgan fingerprint density at radius 2 is 1.90 bits per heavy atom. The third kappa shape index (κ3) is 4.43. The number of hydrogen-bond acceptors (Lipinski definition) is 5. The predicted octanol–water partition coefficient (Wildman–Crippen LogP) is 4.92. The number of methoxy groups -OCH3 is 1. The first-order valence-electron chi connectivity index (χ1n) is 10.5. The molecule has 2 aromatic carbocycles. The molecule has 164 valence electrons. The Hall–Kier alpha value is -3.28. The van der Waals surface area contributed by atoms with Gasteiger partial charge in [-0.1, -0.05) is 32.0 Å². The molecule has 0 radical (unpaired) electrons. The standard InChI is InChI=1S/C25H29NO5/c1-6-31-20-11-10-17(14-21(20)30-5)23-22(19(27)12-15(2)3)24(28)25(29)26(23)18-9-7-8-16(4)13-18/h7-11,13-15,23,28H,6,12H2,1-5H3. The number of ether oxygens (including phenoxy) is 2. The van der Waals surface area contributed by atoms with Crippen LogP contribution in [0.2, 0.25) is 0 Å². The molecule has 0 spiro atoms. The van der Waals surface area contributed by atoms with Gasteiger partial charge in [0.15, 0.2) is 23.0 Å². The monoisotopic (exact) mass is 423 g/mol. The number of aliphatic hydroxyl groups excluding tert-OH is 1. The van der Waals surface area contributed by atoms with E-state index in [1.165, 1.54) is 12.0 Å². The number of nitrogens with zero attached hydrogens (tertiary/aromatic N) is 1. The largest absolute Gasteiger partial charge is 0.503 e. The molecular formula is C25H29NO5. The van der Waals surface area contributed by atoms with Crippen LogP contribution in [0.15, 0.2) is 53.8 Å². The van der Waals surface area contributed by atoms with Crippen LogP contribution in [0.4, 0.5) is 5.69 Å². The van der Waals surface area contributed by atoms with Crippen molar-refractivity contribution in [3.8, 4) is 11.5 Å². The summed E-state index contributed by atoms with van der Waals surface area (Å²) >= 11 is 0. The zero-order valence-electron chi connectivity index (χ0n) is 18.6. The summed E-state index contributed by atoms with van der Waals surface area (Å²) in [5.41, 5.74) is 2.36. The van der Waals surface area contributed by atoms with Crippen LogP contribution >= 0.6 is 0 Å². The quantitative estimate of drug-likeness (QED) is 0.652. The molecule has 0 saturated heterocycles. The van der Waals surface area contributed by atoms with Crippen LogP contribution in [-0.2, 0) is 9.59 Å². The first-order valence-corrected chi connectivity index (χ1v) is 10.5. The molecule has 31 heavy (non-hydrogen) atoms. The summed E-state index contributed by atoms with van der Waals surface area (Å²) in [6, 6.07) is 12.0. The van der Waals surface area contributed by atoms with Crippen molar-refractivity contribution in [1.29, 1.82) is 0 Å². The van der Waals surface area contributed by atoms with Crippen LogP contribution < -0.4 is 14.4 Å². The number of amides is 1. The lowest BCUT2D eigenvalue weighted by Gasteiger charge is -2.28. The summed E-state index contributed by atoms with van der Waals surface area (Å²) < 4.78 is 11.1. The van der Waals surface area contributed by atoms with Crippen molar-refractivity contribution < 1.29 is 24.2 Å². The zero-order valence-corrected chi connectivity index (χ0v) is 18.6. The van der Waals surface area contributed by atoms with Crippen molar-refractivity contribution in [3.63, 3.8) is 0 Å². The Morgan fingerprint density at radius 1 is 1.16 bits per heavy atom. The number of aryl methyl sites for hydroxylation is 1. The number of anilines is 1. The predicted molar refractivity (Wildman–Crippen MR) is 120 cm³/mol. The van der Waals surface area contributed by atoms with Crippen LogP contribution in [0.5, 0.6) is 11.5 Å². The van der Waals surface area contributed by atoms with Crippen LogP contribution in [0, 0.1) is 12.8 Å². The highest BCUT2D eigenvalue weighted by atomic mass is 16.5. The van der Waals surface area contributed by atoms with Gasteiger partial charge in [0, 0.05) is 12.1 Å². The highest BCUT2D eigenvalue weighted by Crippen LogP contribution is 2.43. The second-order valence-electron chi connectivity index (χ2n) is 8.04. The number of hydrogen-bond donors (Lipinski definition) is 1. The van der Waals surface area contributed by atoms with E-state index in [-0.39, 0.29) is 23.7 Å². The normalized spacial score (nSPS) is 16.3. The van der Waals surface area contributed by atoms with E-state index in [1.54, 1.807) is 24.3 Å². The molecule has 0 aliphatic carbocycles. The Balaban J connectivity index is 2.18. The van der Waals surface area contributed by atoms with Crippen molar-refractivity contribution in [1.82, 2.24) is 0 Å². The molecule has 0 aromatic heterocycles. The number of ketones is 1. The number of carbonyl (C=O) groups is 2. The lowest BCUT2D eigenvalue weighted by molar-refractivity contribution is -0.118. The fourth-order valence-electron chi connectivity index (χ4n) is 3.86. The Labute approximate surface area is 183 Å². The minimum Gasteiger partial charge on any atom is -0.503 e. The minimum absolute atomic E-state index is 0.0893. The Kier molecular flexibility index (Phi) is 6.68. The van der Waals surface area contributed by atoms with Gasteiger partial charge >= 0.3 is 0 Å². The van der Waals surface area contributed by atoms with Crippen molar-refractivity contribution in [2.45, 2.75) is 40.2 Å². The average molecular weight is 424 g/mol. The zero-order chi connectivity index (χ0) is 22.7. The highest BCUT2D eigenvalue weighted by Gasteiger charge is 2.44. The fraction of sp³-hybridized carbons (Fsp3) is 0.360. The molecule has 3 rings (SSSR count). The van der Waals surface area contributed by atoms with Gasteiger partial charge in [-0.3, -0.25) is 14.5 Å². The number of rotatable bonds is 8. The van der Waals surface area contributed by atoms with Gasteiger partial charge in [0.1, 0.15) is 0 Å². The van der Waals surface area contributed by atoms with Gasteiger partial charge in [-0.2, -0.15) is 0 Å². The molecule has 6 nitrogen and oxygen atoms in total. The molecule has 1 aliphatic heterocycles. The molecule has 2 aromatic rings. The minimum atomic E-state index is -0.759. The van der Waals surface area contributed by atoms with E-state index in [1.807, 2.05) is 45.9 Å². The summed E-state index contributed by atoms with van der Waals surface area (Å²) in [7, 11) is 1.54. The summed E-state index contributed by atoms with van der Waals surface area (Å²) in [4.78, 5) is 27.7. The van der Waals surface area contributed by atoms with E-state index in [0.717, 1.165) is 5.56 Å². The second kappa shape index (κ2) is 9.25. The van der Waals surface area contributed by atoms with Gasteiger partial charge < -0.3 is 14.6 Å². The van der Waals surface area contributed by atoms with E-state index in [9.17, 15) is 14.7 Å². The third-order valence-corrected chi connectivity index (χ3v) is 5.19. The van der Waals surface area contributed by atoms with E-state index in [2.05, 4.69) is 0 Å². The third-order valence-electron chi connectivity index (χ3n) is 5.19. The number of aliphatic hydroxyl groups is 1. The molecule has 1 N–H and O–H groups in total. The van der Waals surface area contributed by atoms with Gasteiger partial charge in [-0.15, -0.1) is 0 Å². The van der Waals surface area contributed by atoms with Gasteiger partial charge in [-0.25, -0.2) is 0 Å². The average Bonchev–Trinajstić information content (AvgIpc) is 2.99. The van der Waals surface area contributed by atoms with Crippen LogP contribution in [0.3, 0.4) is 0 Å². The summed E-state index contributed by atoms with van der Waals surface area (Å²) in [5, 5.41) is 10.8. The molecule has 1 aliphatic rings. The lowest BCUT2D eigenvalue weighted by atomic mass is 9.91. The van der Waals surface area contributed by atoms with Crippen molar-refractivity contribution in [2.24, 2.45) is 5.92 Å². The SMILES string of the molecule is CCOc1ccc(C2C(C(=O)CC(C)C)=C(O)C(=O)N2c2cccc(C)c2)cc1OC. The molecule has 6 heteroatoms. The van der Waals surface area contributed by atoms with Crippen molar-refractivity contribution in [2.75, 3.05) is 18.6 Å². The number of Topliss-reactive ketones (excluding diaryl/α,β-unsaturated/α-hetero) is 1. The van der Waals surface area contributed by atoms with E-state index in [4.69, 9.17) is 9.47 Å².